The number of methoxy groups -OCH3 is 1. The van der Waals surface area contributed by atoms with Gasteiger partial charge in [0, 0.05) is 28.7 Å². The number of hydrogen-bond donors (Lipinski definition) is 3. The van der Waals surface area contributed by atoms with Gasteiger partial charge in [-0.1, -0.05) is 6.07 Å². The zero-order chi connectivity index (χ0) is 17.2. The molecule has 0 saturated carbocycles. The molecule has 3 N–H and O–H groups in total. The maximum Gasteiger partial charge on any atom is 0.224 e. The number of hydrogen-bond acceptors (Lipinski definition) is 3. The number of nitrogens with one attached hydrogen (secondary N) is 3. The van der Waals surface area contributed by atoms with Gasteiger partial charge in [0.25, 0.3) is 0 Å². The molecule has 0 bridgehead atoms. The van der Waals surface area contributed by atoms with Crippen LogP contribution in [0.1, 0.15) is 11.3 Å². The number of carbonyl (C=O) groups is 1. The Kier molecular flexibility index (Phi) is 3.85. The molecule has 0 aliphatic heterocycles. The van der Waals surface area contributed by atoms with Crippen LogP contribution in [-0.4, -0.2) is 28.0 Å². The van der Waals surface area contributed by atoms with Gasteiger partial charge in [-0.2, -0.15) is 0 Å². The van der Waals surface area contributed by atoms with E-state index in [0.717, 1.165) is 38.9 Å². The van der Waals surface area contributed by atoms with Crippen molar-refractivity contribution in [3.8, 4) is 5.75 Å². The number of carbonyl (C=O) groups excluding carboxylic acids is 1. The van der Waals surface area contributed by atoms with Crippen molar-refractivity contribution < 1.29 is 9.53 Å². The van der Waals surface area contributed by atoms with Crippen molar-refractivity contribution >= 4 is 27.8 Å². The fourth-order valence-electron chi connectivity index (χ4n) is 3.02. The van der Waals surface area contributed by atoms with Crippen molar-refractivity contribution in [3.63, 3.8) is 0 Å². The van der Waals surface area contributed by atoms with Crippen molar-refractivity contribution in [3.05, 3.63) is 60.0 Å². The highest BCUT2D eigenvalue weighted by molar-refractivity contribution is 5.93. The summed E-state index contributed by atoms with van der Waals surface area (Å²) in [6, 6.07) is 11.7. The Hall–Kier alpha value is -3.28. The van der Waals surface area contributed by atoms with Crippen LogP contribution in [0.25, 0.3) is 21.9 Å². The molecule has 0 aliphatic carbocycles. The van der Waals surface area contributed by atoms with Crippen LogP contribution >= 0.6 is 0 Å². The normalized spacial score (nSPS) is 11.1. The predicted molar refractivity (Wildman–Crippen MR) is 96.5 cm³/mol. The van der Waals surface area contributed by atoms with Gasteiger partial charge in [0.05, 0.1) is 25.8 Å². The van der Waals surface area contributed by atoms with E-state index in [0.29, 0.717) is 6.54 Å². The summed E-state index contributed by atoms with van der Waals surface area (Å²) in [6.45, 7) is 0.396. The quantitative estimate of drug-likeness (QED) is 0.525. The molecule has 4 rings (SSSR count). The van der Waals surface area contributed by atoms with Crippen molar-refractivity contribution in [1.29, 1.82) is 0 Å². The summed E-state index contributed by atoms with van der Waals surface area (Å²) in [7, 11) is 1.63. The van der Waals surface area contributed by atoms with Crippen molar-refractivity contribution in [2.45, 2.75) is 13.0 Å². The molecule has 0 saturated heterocycles. The third kappa shape index (κ3) is 2.94. The summed E-state index contributed by atoms with van der Waals surface area (Å²) < 4.78 is 5.41. The van der Waals surface area contributed by atoms with Gasteiger partial charge >= 0.3 is 0 Å². The topological polar surface area (TPSA) is 82.8 Å². The number of aromatic nitrogens is 3. The lowest BCUT2D eigenvalue weighted by molar-refractivity contribution is -0.120. The standard InChI is InChI=1S/C19H18N4O2/c1-25-16-4-2-3-15-18(16)13(10-21-15)9-17(24)22-11-14-6-5-12-7-8-20-19(12)23-14/h2-8,10,21H,9,11H2,1H3,(H,20,23)(H,22,24). The molecular formula is C19H18N4O2. The monoisotopic (exact) mass is 334 g/mol. The third-order valence-electron chi connectivity index (χ3n) is 4.25. The highest BCUT2D eigenvalue weighted by Crippen LogP contribution is 2.28. The average Bonchev–Trinajstić information content (AvgIpc) is 3.26. The second-order valence-corrected chi connectivity index (χ2v) is 5.87. The molecule has 6 heteroatoms. The summed E-state index contributed by atoms with van der Waals surface area (Å²) >= 11 is 0. The predicted octanol–water partition coefficient (Wildman–Crippen LogP) is 2.91. The van der Waals surface area contributed by atoms with E-state index in [4.69, 9.17) is 4.74 Å². The largest absolute Gasteiger partial charge is 0.496 e. The minimum absolute atomic E-state index is 0.0554. The molecular weight excluding hydrogens is 316 g/mol. The number of rotatable bonds is 5. The Morgan fingerprint density at radius 2 is 2.12 bits per heavy atom. The van der Waals surface area contributed by atoms with Crippen LogP contribution in [0.15, 0.2) is 48.8 Å². The number of ether oxygens (including phenoxy) is 1. The third-order valence-corrected chi connectivity index (χ3v) is 4.25. The highest BCUT2D eigenvalue weighted by atomic mass is 16.5. The first-order chi connectivity index (χ1) is 12.2. The van der Waals surface area contributed by atoms with Gasteiger partial charge in [-0.3, -0.25) is 4.79 Å². The number of aromatic amines is 2. The molecule has 1 aromatic carbocycles. The molecule has 3 aromatic heterocycles. The minimum atomic E-state index is -0.0554. The van der Waals surface area contributed by atoms with Gasteiger partial charge in [0.2, 0.25) is 5.91 Å². The van der Waals surface area contributed by atoms with Crippen LogP contribution in [0.2, 0.25) is 0 Å². The summed E-state index contributed by atoms with van der Waals surface area (Å²) in [5.74, 6) is 0.709. The number of fused-ring (bicyclic) bond motifs is 2. The maximum atomic E-state index is 12.3. The van der Waals surface area contributed by atoms with Crippen molar-refractivity contribution in [2.24, 2.45) is 0 Å². The summed E-state index contributed by atoms with van der Waals surface area (Å²) in [5.41, 5.74) is 3.52. The number of pyridine rings is 1. The molecule has 25 heavy (non-hydrogen) atoms. The van der Waals surface area contributed by atoms with Gasteiger partial charge < -0.3 is 20.0 Å². The second kappa shape index (κ2) is 6.32. The van der Waals surface area contributed by atoms with Gasteiger partial charge in [-0.15, -0.1) is 0 Å². The molecule has 0 aliphatic rings. The van der Waals surface area contributed by atoms with Crippen LogP contribution in [0.5, 0.6) is 5.75 Å². The van der Waals surface area contributed by atoms with E-state index in [2.05, 4.69) is 20.3 Å². The zero-order valence-electron chi connectivity index (χ0n) is 13.8. The summed E-state index contributed by atoms with van der Waals surface area (Å²) in [5, 5.41) is 4.93. The first-order valence-corrected chi connectivity index (χ1v) is 8.07. The second-order valence-electron chi connectivity index (χ2n) is 5.87. The van der Waals surface area contributed by atoms with Crippen LogP contribution in [-0.2, 0) is 17.8 Å². The average molecular weight is 334 g/mol. The Balaban J connectivity index is 1.47. The fourth-order valence-corrected chi connectivity index (χ4v) is 3.02. The van der Waals surface area contributed by atoms with E-state index in [1.54, 1.807) is 7.11 Å². The first kappa shape index (κ1) is 15.3. The smallest absolute Gasteiger partial charge is 0.224 e. The van der Waals surface area contributed by atoms with Crippen molar-refractivity contribution in [2.75, 3.05) is 7.11 Å². The molecule has 6 nitrogen and oxygen atoms in total. The van der Waals surface area contributed by atoms with Gasteiger partial charge in [-0.05, 0) is 35.9 Å². The Morgan fingerprint density at radius 3 is 3.00 bits per heavy atom. The fraction of sp³-hybridized carbons (Fsp3) is 0.158. The SMILES string of the molecule is COc1cccc2[nH]cc(CC(=O)NCc3ccc4cc[nH]c4n3)c12. The zero-order valence-corrected chi connectivity index (χ0v) is 13.8. The molecule has 0 atom stereocenters. The molecule has 0 spiro atoms. The number of amides is 1. The van der Waals surface area contributed by atoms with Crippen LogP contribution in [0, 0.1) is 0 Å². The van der Waals surface area contributed by atoms with Crippen LogP contribution < -0.4 is 10.1 Å². The Labute approximate surface area is 144 Å². The molecule has 126 valence electrons. The molecule has 3 heterocycles. The van der Waals surface area contributed by atoms with E-state index in [1.165, 1.54) is 0 Å². The molecule has 1 amide bonds. The molecule has 0 unspecified atom stereocenters. The molecule has 0 radical (unpaired) electrons. The van der Waals surface area contributed by atoms with Crippen LogP contribution in [0.4, 0.5) is 0 Å². The number of nitrogens with zero attached hydrogens (tertiary/aromatic N) is 1. The summed E-state index contributed by atoms with van der Waals surface area (Å²) in [6.07, 6.45) is 3.99. The Morgan fingerprint density at radius 1 is 1.20 bits per heavy atom. The van der Waals surface area contributed by atoms with Gasteiger partial charge in [0.15, 0.2) is 0 Å². The highest BCUT2D eigenvalue weighted by Gasteiger charge is 2.12. The van der Waals surface area contributed by atoms with Gasteiger partial charge in [-0.25, -0.2) is 4.98 Å². The van der Waals surface area contributed by atoms with E-state index < -0.39 is 0 Å². The number of H-pyrrole nitrogens is 2. The van der Waals surface area contributed by atoms with E-state index >= 15 is 0 Å². The van der Waals surface area contributed by atoms with Gasteiger partial charge in [0.1, 0.15) is 11.4 Å². The van der Waals surface area contributed by atoms with E-state index in [-0.39, 0.29) is 12.3 Å². The maximum absolute atomic E-state index is 12.3. The van der Waals surface area contributed by atoms with E-state index in [9.17, 15) is 4.79 Å². The lowest BCUT2D eigenvalue weighted by Gasteiger charge is -2.06. The lowest BCUT2D eigenvalue weighted by Crippen LogP contribution is -2.24. The van der Waals surface area contributed by atoms with Crippen LogP contribution in [0.3, 0.4) is 0 Å². The van der Waals surface area contributed by atoms with E-state index in [1.807, 2.05) is 48.8 Å². The minimum Gasteiger partial charge on any atom is -0.496 e. The summed E-state index contributed by atoms with van der Waals surface area (Å²) in [4.78, 5) is 23.1. The number of benzene rings is 1. The Bertz CT molecular complexity index is 1050. The first-order valence-electron chi connectivity index (χ1n) is 8.07. The molecule has 4 aromatic rings. The lowest BCUT2D eigenvalue weighted by atomic mass is 10.1. The van der Waals surface area contributed by atoms with Crippen molar-refractivity contribution in [1.82, 2.24) is 20.3 Å². The molecule has 0 fully saturated rings.